The average molecular weight is 328 g/mol. The molecule has 1 aromatic carbocycles. The summed E-state index contributed by atoms with van der Waals surface area (Å²) in [6.07, 6.45) is 0. The zero-order valence-corrected chi connectivity index (χ0v) is 11.1. The van der Waals surface area contributed by atoms with Crippen molar-refractivity contribution in [2.24, 2.45) is 0 Å². The zero-order chi connectivity index (χ0) is 13.2. The fourth-order valence-corrected chi connectivity index (χ4v) is 1.99. The van der Waals surface area contributed by atoms with Gasteiger partial charge in [-0.3, -0.25) is 4.79 Å². The van der Waals surface area contributed by atoms with Gasteiger partial charge in [0.25, 0.3) is 0 Å². The molecule has 0 aliphatic rings. The second kappa shape index (κ2) is 5.30. The number of nitrogen functional groups attached to an aromatic ring is 1. The summed E-state index contributed by atoms with van der Waals surface area (Å²) in [4.78, 5) is 11.1. The summed E-state index contributed by atoms with van der Waals surface area (Å²) >= 11 is 2.79. The van der Waals surface area contributed by atoms with E-state index in [1.807, 2.05) is 0 Å². The van der Waals surface area contributed by atoms with E-state index < -0.39 is 10.3 Å². The van der Waals surface area contributed by atoms with E-state index in [1.54, 1.807) is 6.92 Å². The third-order valence-electron chi connectivity index (χ3n) is 1.89. The molecule has 0 aliphatic carbocycles. The van der Waals surface area contributed by atoms with Gasteiger partial charge in [0.1, 0.15) is 0 Å². The van der Waals surface area contributed by atoms with Gasteiger partial charge in [-0.15, -0.1) is 0 Å². The number of halogens is 4. The lowest BCUT2D eigenvalue weighted by Crippen LogP contribution is -2.12. The number of benzene rings is 1. The van der Waals surface area contributed by atoms with Crippen molar-refractivity contribution in [1.29, 1.82) is 0 Å². The number of Topliss-reactive ketones (excluding diaryl/α,β-unsaturated/α-hetero) is 1. The molecule has 0 saturated carbocycles. The second-order valence-corrected chi connectivity index (χ2v) is 5.79. The van der Waals surface area contributed by atoms with Gasteiger partial charge in [-0.25, -0.2) is 0 Å². The number of carbonyl (C=O) groups is 1. The summed E-state index contributed by atoms with van der Waals surface area (Å²) in [5, 5.41) is 0. The quantitative estimate of drug-likeness (QED) is 0.397. The number of anilines is 1. The summed E-state index contributed by atoms with van der Waals surface area (Å²) in [6, 6.07) is 3.70. The largest absolute Gasteiger partial charge is 0.446 e. The predicted molar refractivity (Wildman–Crippen MR) is 65.5 cm³/mol. The Morgan fingerprint density at radius 3 is 2.53 bits per heavy atom. The molecule has 1 unspecified atom stereocenters. The molecule has 7 heteroatoms. The van der Waals surface area contributed by atoms with E-state index in [4.69, 9.17) is 5.73 Å². The summed E-state index contributed by atoms with van der Waals surface area (Å²) < 4.78 is 36.5. The standard InChI is InChI=1S/C10H9BrF3NOS/c1-5(11)9(16)7-4-6(2-3-8(7)15)17-10(12,13)14/h2-5H,15H2,1H3. The van der Waals surface area contributed by atoms with E-state index in [1.165, 1.54) is 12.1 Å². The van der Waals surface area contributed by atoms with Gasteiger partial charge in [0, 0.05) is 16.1 Å². The van der Waals surface area contributed by atoms with Crippen molar-refractivity contribution in [2.45, 2.75) is 22.2 Å². The van der Waals surface area contributed by atoms with E-state index in [0.29, 0.717) is 0 Å². The summed E-state index contributed by atoms with van der Waals surface area (Å²) in [5.41, 5.74) is 1.46. The first kappa shape index (κ1) is 14.4. The number of alkyl halides is 4. The summed E-state index contributed by atoms with van der Waals surface area (Å²) in [6.45, 7) is 1.59. The minimum atomic E-state index is -4.38. The highest BCUT2D eigenvalue weighted by Crippen LogP contribution is 2.38. The highest BCUT2D eigenvalue weighted by atomic mass is 79.9. The fourth-order valence-electron chi connectivity index (χ4n) is 1.16. The van der Waals surface area contributed by atoms with Crippen LogP contribution in [0, 0.1) is 0 Å². The van der Waals surface area contributed by atoms with Gasteiger partial charge in [0.15, 0.2) is 5.78 Å². The molecule has 2 nitrogen and oxygen atoms in total. The van der Waals surface area contributed by atoms with E-state index in [-0.39, 0.29) is 33.7 Å². The first-order valence-corrected chi connectivity index (χ1v) is 6.27. The smallest absolute Gasteiger partial charge is 0.398 e. The Hall–Kier alpha value is -0.690. The summed E-state index contributed by atoms with van der Waals surface area (Å²) in [5.74, 6) is -0.341. The van der Waals surface area contributed by atoms with Crippen LogP contribution in [0.4, 0.5) is 18.9 Å². The van der Waals surface area contributed by atoms with Gasteiger partial charge < -0.3 is 5.73 Å². The fraction of sp³-hybridized carbons (Fsp3) is 0.300. The highest BCUT2D eigenvalue weighted by Gasteiger charge is 2.29. The maximum Gasteiger partial charge on any atom is 0.446 e. The van der Waals surface area contributed by atoms with Gasteiger partial charge in [-0.05, 0) is 36.9 Å². The lowest BCUT2D eigenvalue weighted by atomic mass is 10.1. The van der Waals surface area contributed by atoms with Crippen molar-refractivity contribution in [3.63, 3.8) is 0 Å². The molecule has 0 heterocycles. The van der Waals surface area contributed by atoms with E-state index in [9.17, 15) is 18.0 Å². The number of carbonyl (C=O) groups excluding carboxylic acids is 1. The topological polar surface area (TPSA) is 43.1 Å². The number of hydrogen-bond acceptors (Lipinski definition) is 3. The van der Waals surface area contributed by atoms with Gasteiger partial charge >= 0.3 is 5.51 Å². The van der Waals surface area contributed by atoms with Gasteiger partial charge in [0.2, 0.25) is 0 Å². The lowest BCUT2D eigenvalue weighted by molar-refractivity contribution is -0.0328. The predicted octanol–water partition coefficient (Wildman–Crippen LogP) is 3.85. The number of ketones is 1. The molecular formula is C10H9BrF3NOS. The van der Waals surface area contributed by atoms with Crippen LogP contribution >= 0.6 is 27.7 Å². The SMILES string of the molecule is CC(Br)C(=O)c1cc(SC(F)(F)F)ccc1N. The molecule has 0 fully saturated rings. The minimum Gasteiger partial charge on any atom is -0.398 e. The van der Waals surface area contributed by atoms with Crippen molar-refractivity contribution >= 4 is 39.2 Å². The van der Waals surface area contributed by atoms with Crippen LogP contribution in [0.3, 0.4) is 0 Å². The molecule has 0 spiro atoms. The highest BCUT2D eigenvalue weighted by molar-refractivity contribution is 9.10. The Balaban J connectivity index is 3.07. The molecule has 94 valence electrons. The second-order valence-electron chi connectivity index (χ2n) is 3.28. The van der Waals surface area contributed by atoms with E-state index in [2.05, 4.69) is 15.9 Å². The molecule has 0 saturated heterocycles. The first-order valence-electron chi connectivity index (χ1n) is 4.54. The van der Waals surface area contributed by atoms with Crippen LogP contribution < -0.4 is 5.73 Å². The Morgan fingerprint density at radius 1 is 1.47 bits per heavy atom. The van der Waals surface area contributed by atoms with Crippen LogP contribution in [-0.4, -0.2) is 16.1 Å². The maximum atomic E-state index is 12.2. The van der Waals surface area contributed by atoms with Crippen LogP contribution in [0.5, 0.6) is 0 Å². The molecule has 1 rings (SSSR count). The summed E-state index contributed by atoms with van der Waals surface area (Å²) in [7, 11) is 0. The maximum absolute atomic E-state index is 12.2. The number of hydrogen-bond donors (Lipinski definition) is 1. The van der Waals surface area contributed by atoms with Crippen LogP contribution in [-0.2, 0) is 0 Å². The van der Waals surface area contributed by atoms with E-state index >= 15 is 0 Å². The Kier molecular flexibility index (Phi) is 4.48. The number of thioether (sulfide) groups is 1. The first-order chi connectivity index (χ1) is 7.70. The van der Waals surface area contributed by atoms with Gasteiger partial charge in [-0.2, -0.15) is 13.2 Å². The number of nitrogens with two attached hydrogens (primary N) is 1. The zero-order valence-electron chi connectivity index (χ0n) is 8.72. The Labute approximate surface area is 109 Å². The van der Waals surface area contributed by atoms with E-state index in [0.717, 1.165) is 6.07 Å². The molecule has 0 radical (unpaired) electrons. The average Bonchev–Trinajstić information content (AvgIpc) is 2.17. The Morgan fingerprint density at radius 2 is 2.06 bits per heavy atom. The van der Waals surface area contributed by atoms with Crippen molar-refractivity contribution in [1.82, 2.24) is 0 Å². The van der Waals surface area contributed by atoms with Crippen LogP contribution in [0.2, 0.25) is 0 Å². The van der Waals surface area contributed by atoms with Gasteiger partial charge in [-0.1, -0.05) is 15.9 Å². The van der Waals surface area contributed by atoms with Crippen molar-refractivity contribution < 1.29 is 18.0 Å². The molecule has 1 atom stereocenters. The molecular weight excluding hydrogens is 319 g/mol. The monoisotopic (exact) mass is 327 g/mol. The van der Waals surface area contributed by atoms with Crippen molar-refractivity contribution in [3.05, 3.63) is 23.8 Å². The van der Waals surface area contributed by atoms with Crippen molar-refractivity contribution in [2.75, 3.05) is 5.73 Å². The third-order valence-corrected chi connectivity index (χ3v) is 3.02. The third kappa shape index (κ3) is 4.23. The van der Waals surface area contributed by atoms with Gasteiger partial charge in [0.05, 0.1) is 4.83 Å². The molecule has 0 aliphatic heterocycles. The molecule has 0 bridgehead atoms. The molecule has 0 aromatic heterocycles. The normalized spacial score (nSPS) is 13.5. The van der Waals surface area contributed by atoms with Crippen LogP contribution in [0.15, 0.2) is 23.1 Å². The molecule has 0 amide bonds. The minimum absolute atomic E-state index is 0.0526. The van der Waals surface area contributed by atoms with Crippen molar-refractivity contribution in [3.8, 4) is 0 Å². The van der Waals surface area contributed by atoms with Crippen LogP contribution in [0.25, 0.3) is 0 Å². The lowest BCUT2D eigenvalue weighted by Gasteiger charge is -2.10. The molecule has 2 N–H and O–H groups in total. The molecule has 17 heavy (non-hydrogen) atoms. The Bertz CT molecular complexity index is 434. The molecule has 1 aromatic rings. The van der Waals surface area contributed by atoms with Crippen LogP contribution in [0.1, 0.15) is 17.3 Å². The number of rotatable bonds is 3.